The van der Waals surface area contributed by atoms with E-state index in [0.29, 0.717) is 5.69 Å². The molecule has 1 aliphatic carbocycles. The first-order chi connectivity index (χ1) is 10.0. The van der Waals surface area contributed by atoms with E-state index >= 15 is 0 Å². The molecule has 110 valence electrons. The van der Waals surface area contributed by atoms with Gasteiger partial charge in [0.1, 0.15) is 5.69 Å². The average Bonchev–Trinajstić information content (AvgIpc) is 3.10. The summed E-state index contributed by atoms with van der Waals surface area (Å²) < 4.78 is 1.79. The van der Waals surface area contributed by atoms with Crippen LogP contribution in [0.15, 0.2) is 30.6 Å². The monoisotopic (exact) mass is 283 g/mol. The van der Waals surface area contributed by atoms with Crippen LogP contribution in [0.5, 0.6) is 0 Å². The number of benzene rings is 1. The predicted octanol–water partition coefficient (Wildman–Crippen LogP) is 2.54. The number of hydrogen-bond acceptors (Lipinski definition) is 2. The third-order valence-corrected chi connectivity index (χ3v) is 4.36. The van der Waals surface area contributed by atoms with Gasteiger partial charge in [0.05, 0.1) is 12.0 Å². The summed E-state index contributed by atoms with van der Waals surface area (Å²) in [7, 11) is 1.86. The molecular weight excluding hydrogens is 262 g/mol. The Balaban J connectivity index is 1.76. The number of hydrogen-bond donors (Lipinski definition) is 1. The van der Waals surface area contributed by atoms with Crippen molar-refractivity contribution >= 4 is 5.91 Å². The largest absolute Gasteiger partial charge is 0.345 e. The Labute approximate surface area is 125 Å². The van der Waals surface area contributed by atoms with E-state index in [1.165, 1.54) is 11.1 Å². The van der Waals surface area contributed by atoms with Gasteiger partial charge in [-0.25, -0.2) is 4.98 Å². The van der Waals surface area contributed by atoms with Crippen molar-refractivity contribution in [3.8, 4) is 0 Å². The molecule has 1 amide bonds. The van der Waals surface area contributed by atoms with Gasteiger partial charge in [-0.05, 0) is 44.2 Å². The van der Waals surface area contributed by atoms with Crippen LogP contribution >= 0.6 is 0 Å². The number of carbonyl (C=O) groups excluding carboxylic acids is 1. The van der Waals surface area contributed by atoms with Crippen molar-refractivity contribution in [1.82, 2.24) is 14.9 Å². The van der Waals surface area contributed by atoms with Crippen LogP contribution < -0.4 is 5.32 Å². The van der Waals surface area contributed by atoms with E-state index in [-0.39, 0.29) is 11.4 Å². The summed E-state index contributed by atoms with van der Waals surface area (Å²) >= 11 is 0. The molecular formula is C17H21N3O. The van der Waals surface area contributed by atoms with E-state index < -0.39 is 0 Å². The second-order valence-electron chi connectivity index (χ2n) is 6.13. The normalized spacial score (nSPS) is 15.8. The number of nitrogens with zero attached hydrogens (tertiary/aromatic N) is 2. The Kier molecular flexibility index (Phi) is 3.32. The van der Waals surface area contributed by atoms with E-state index in [1.54, 1.807) is 10.9 Å². The highest BCUT2D eigenvalue weighted by Gasteiger charge is 2.44. The minimum absolute atomic E-state index is 0.0152. The molecule has 1 saturated carbocycles. The summed E-state index contributed by atoms with van der Waals surface area (Å²) in [5.74, 6) is -0.0152. The van der Waals surface area contributed by atoms with Gasteiger partial charge in [-0.1, -0.05) is 24.3 Å². The molecule has 0 unspecified atom stereocenters. The molecule has 0 atom stereocenters. The molecule has 3 rings (SSSR count). The Morgan fingerprint density at radius 2 is 2.05 bits per heavy atom. The number of carbonyl (C=O) groups is 1. The highest BCUT2D eigenvalue weighted by molar-refractivity contribution is 5.94. The van der Waals surface area contributed by atoms with Crippen molar-refractivity contribution in [2.45, 2.75) is 38.6 Å². The summed E-state index contributed by atoms with van der Waals surface area (Å²) in [6.45, 7) is 3.99. The smallest absolute Gasteiger partial charge is 0.270 e. The highest BCUT2D eigenvalue weighted by atomic mass is 16.2. The number of imidazole rings is 1. The zero-order chi connectivity index (χ0) is 15.0. The third-order valence-electron chi connectivity index (χ3n) is 4.36. The first kappa shape index (κ1) is 13.9. The Bertz CT molecular complexity index is 664. The molecule has 1 heterocycles. The fraction of sp³-hybridized carbons (Fsp3) is 0.412. The van der Waals surface area contributed by atoms with Gasteiger partial charge in [-0.2, -0.15) is 0 Å². The minimum atomic E-state index is -0.0695. The van der Waals surface area contributed by atoms with Crippen LogP contribution in [0.2, 0.25) is 0 Å². The van der Waals surface area contributed by atoms with Gasteiger partial charge in [0, 0.05) is 12.6 Å². The Morgan fingerprint density at radius 1 is 1.33 bits per heavy atom. The average molecular weight is 283 g/mol. The fourth-order valence-electron chi connectivity index (χ4n) is 2.84. The topological polar surface area (TPSA) is 46.9 Å². The second-order valence-corrected chi connectivity index (χ2v) is 6.13. The lowest BCUT2D eigenvalue weighted by Crippen LogP contribution is -2.39. The second kappa shape index (κ2) is 5.02. The predicted molar refractivity (Wildman–Crippen MR) is 82.3 cm³/mol. The molecule has 1 aromatic heterocycles. The zero-order valence-corrected chi connectivity index (χ0v) is 12.8. The first-order valence-corrected chi connectivity index (χ1v) is 7.36. The lowest BCUT2D eigenvalue weighted by atomic mass is 9.99. The molecule has 4 nitrogen and oxygen atoms in total. The van der Waals surface area contributed by atoms with E-state index in [0.717, 1.165) is 25.0 Å². The van der Waals surface area contributed by atoms with Gasteiger partial charge < -0.3 is 9.88 Å². The quantitative estimate of drug-likeness (QED) is 0.937. The third kappa shape index (κ3) is 2.71. The van der Waals surface area contributed by atoms with Crippen molar-refractivity contribution in [2.24, 2.45) is 7.05 Å². The van der Waals surface area contributed by atoms with Crippen LogP contribution in [0, 0.1) is 13.8 Å². The van der Waals surface area contributed by atoms with Gasteiger partial charge in [-0.3, -0.25) is 4.79 Å². The van der Waals surface area contributed by atoms with Crippen molar-refractivity contribution in [3.05, 3.63) is 53.1 Å². The maximum atomic E-state index is 12.5. The van der Waals surface area contributed by atoms with Gasteiger partial charge in [-0.15, -0.1) is 0 Å². The molecule has 1 fully saturated rings. The molecule has 1 N–H and O–H groups in total. The summed E-state index contributed by atoms with van der Waals surface area (Å²) in [6.07, 6.45) is 4.68. The van der Waals surface area contributed by atoms with Crippen molar-refractivity contribution in [2.75, 3.05) is 0 Å². The van der Waals surface area contributed by atoms with Crippen LogP contribution in [0.4, 0.5) is 0 Å². The van der Waals surface area contributed by atoms with Gasteiger partial charge in [0.2, 0.25) is 0 Å². The number of aryl methyl sites for hydroxylation is 3. The van der Waals surface area contributed by atoms with E-state index in [2.05, 4.69) is 41.5 Å². The summed E-state index contributed by atoms with van der Waals surface area (Å²) in [5.41, 5.74) is 3.97. The fourth-order valence-corrected chi connectivity index (χ4v) is 2.84. The Hall–Kier alpha value is -2.10. The van der Waals surface area contributed by atoms with Crippen LogP contribution in [0.25, 0.3) is 0 Å². The molecule has 1 aliphatic rings. The lowest BCUT2D eigenvalue weighted by Gasteiger charge is -2.19. The van der Waals surface area contributed by atoms with Gasteiger partial charge in [0.15, 0.2) is 0 Å². The van der Waals surface area contributed by atoms with Crippen LogP contribution in [-0.4, -0.2) is 21.0 Å². The molecule has 4 heteroatoms. The molecule has 0 radical (unpaired) electrons. The van der Waals surface area contributed by atoms with E-state index in [9.17, 15) is 4.79 Å². The zero-order valence-electron chi connectivity index (χ0n) is 12.8. The van der Waals surface area contributed by atoms with Crippen molar-refractivity contribution in [1.29, 1.82) is 0 Å². The number of rotatable bonds is 4. The first-order valence-electron chi connectivity index (χ1n) is 7.36. The van der Waals surface area contributed by atoms with E-state index in [1.807, 2.05) is 14.0 Å². The minimum Gasteiger partial charge on any atom is -0.345 e. The molecule has 0 bridgehead atoms. The molecule has 2 aromatic rings. The van der Waals surface area contributed by atoms with Crippen LogP contribution in [0.3, 0.4) is 0 Å². The maximum absolute atomic E-state index is 12.5. The molecule has 0 aliphatic heterocycles. The maximum Gasteiger partial charge on any atom is 0.270 e. The van der Waals surface area contributed by atoms with Crippen molar-refractivity contribution < 1.29 is 4.79 Å². The number of amides is 1. The molecule has 21 heavy (non-hydrogen) atoms. The standard InChI is InChI=1S/C17H21N3O/c1-12-6-4-5-7-14(12)10-17(8-9-17)19-16(21)15-13(2)18-11-20(15)3/h4-7,11H,8-10H2,1-3H3,(H,19,21). The van der Waals surface area contributed by atoms with Crippen molar-refractivity contribution in [3.63, 3.8) is 0 Å². The molecule has 0 saturated heterocycles. The van der Waals surface area contributed by atoms with Gasteiger partial charge >= 0.3 is 0 Å². The summed E-state index contributed by atoms with van der Waals surface area (Å²) in [6, 6.07) is 8.39. The van der Waals surface area contributed by atoms with E-state index in [4.69, 9.17) is 0 Å². The SMILES string of the molecule is Cc1ccccc1CC1(NC(=O)c2c(C)ncn2C)CC1. The van der Waals surface area contributed by atoms with Crippen LogP contribution in [-0.2, 0) is 13.5 Å². The number of aromatic nitrogens is 2. The molecule has 1 aromatic carbocycles. The summed E-state index contributed by atoms with van der Waals surface area (Å²) in [4.78, 5) is 16.7. The number of nitrogens with one attached hydrogen (secondary N) is 1. The van der Waals surface area contributed by atoms with Gasteiger partial charge in [0.25, 0.3) is 5.91 Å². The molecule has 0 spiro atoms. The lowest BCUT2D eigenvalue weighted by molar-refractivity contribution is 0.0922. The Morgan fingerprint density at radius 3 is 2.62 bits per heavy atom. The highest BCUT2D eigenvalue weighted by Crippen LogP contribution is 2.39. The van der Waals surface area contributed by atoms with Crippen LogP contribution in [0.1, 0.15) is 40.2 Å². The summed E-state index contributed by atoms with van der Waals surface area (Å²) in [5, 5.41) is 3.23.